The van der Waals surface area contributed by atoms with Gasteiger partial charge >= 0.3 is 5.97 Å². The van der Waals surface area contributed by atoms with Crippen LogP contribution in [-0.2, 0) is 14.4 Å². The third-order valence-corrected chi connectivity index (χ3v) is 5.35. The highest BCUT2D eigenvalue weighted by atomic mass is 19.1. The first-order valence-electron chi connectivity index (χ1n) is 9.64. The Morgan fingerprint density at radius 2 is 2.03 bits per heavy atom. The smallest absolute Gasteiger partial charge is 0.305 e. The Morgan fingerprint density at radius 3 is 2.70 bits per heavy atom. The quantitative estimate of drug-likeness (QED) is 0.604. The largest absolute Gasteiger partial charge is 0.481 e. The average Bonchev–Trinajstić information content (AvgIpc) is 3.18. The third kappa shape index (κ3) is 4.11. The number of benzene rings is 1. The van der Waals surface area contributed by atoms with Crippen molar-refractivity contribution in [1.82, 2.24) is 10.3 Å². The zero-order chi connectivity index (χ0) is 21.9. The lowest BCUT2D eigenvalue weighted by Gasteiger charge is -2.32. The number of nitrogens with one attached hydrogen (secondary N) is 1. The number of nitrogens with zero attached hydrogens (tertiary/aromatic N) is 2. The first kappa shape index (κ1) is 21.6. The SMILES string of the molecule is CC(C)[C@@]1(C(=O)N[C@@H](CC(=O)O)[C@@H](O)CF)CC(c2nccc3ccccc23)=NO1. The van der Waals surface area contributed by atoms with E-state index in [4.69, 9.17) is 9.94 Å². The predicted molar refractivity (Wildman–Crippen MR) is 108 cm³/mol. The number of hydrogen-bond donors (Lipinski definition) is 3. The van der Waals surface area contributed by atoms with Crippen molar-refractivity contribution >= 4 is 28.4 Å². The molecule has 3 N–H and O–H groups in total. The lowest BCUT2D eigenvalue weighted by molar-refractivity contribution is -0.152. The van der Waals surface area contributed by atoms with Crippen molar-refractivity contribution in [3.63, 3.8) is 0 Å². The normalized spacial score (nSPS) is 20.5. The van der Waals surface area contributed by atoms with Crippen LogP contribution < -0.4 is 5.32 Å². The van der Waals surface area contributed by atoms with E-state index in [0.717, 1.165) is 10.8 Å². The summed E-state index contributed by atoms with van der Waals surface area (Å²) in [6.45, 7) is 2.36. The molecule has 3 atom stereocenters. The molecule has 1 aromatic heterocycles. The van der Waals surface area contributed by atoms with Gasteiger partial charge in [-0.05, 0) is 11.5 Å². The number of halogens is 1. The summed E-state index contributed by atoms with van der Waals surface area (Å²) in [6, 6.07) is 8.20. The van der Waals surface area contributed by atoms with Gasteiger partial charge in [0.15, 0.2) is 0 Å². The van der Waals surface area contributed by atoms with Crippen LogP contribution in [0.3, 0.4) is 0 Å². The Balaban J connectivity index is 1.87. The molecule has 2 heterocycles. The van der Waals surface area contributed by atoms with E-state index < -0.39 is 42.7 Å². The molecular weight excluding hydrogens is 393 g/mol. The summed E-state index contributed by atoms with van der Waals surface area (Å²) in [4.78, 5) is 34.2. The highest BCUT2D eigenvalue weighted by Crippen LogP contribution is 2.35. The van der Waals surface area contributed by atoms with Crippen LogP contribution in [0, 0.1) is 5.92 Å². The summed E-state index contributed by atoms with van der Waals surface area (Å²) in [5.74, 6) is -2.27. The maximum Gasteiger partial charge on any atom is 0.305 e. The molecule has 0 saturated heterocycles. The van der Waals surface area contributed by atoms with Crippen LogP contribution in [0.1, 0.15) is 32.4 Å². The highest BCUT2D eigenvalue weighted by Gasteiger charge is 2.50. The standard InChI is InChI=1S/C21H24FN3O5/c1-12(2)21(20(29)24-15(9-18(27)28)17(26)11-22)10-16(25-30-21)19-14-6-4-3-5-13(14)7-8-23-19/h3-8,12,15,17,26H,9-11H2,1-2H3,(H,24,29)(H,27,28)/t15-,17-,21+/m0/s1. The van der Waals surface area contributed by atoms with Gasteiger partial charge in [-0.3, -0.25) is 14.6 Å². The Bertz CT molecular complexity index is 975. The van der Waals surface area contributed by atoms with Crippen molar-refractivity contribution in [2.45, 2.75) is 44.4 Å². The van der Waals surface area contributed by atoms with Gasteiger partial charge in [0, 0.05) is 23.9 Å². The molecule has 1 aliphatic rings. The van der Waals surface area contributed by atoms with Gasteiger partial charge in [0.05, 0.1) is 18.2 Å². The molecule has 0 spiro atoms. The van der Waals surface area contributed by atoms with E-state index in [1.807, 2.05) is 30.3 Å². The molecule has 0 radical (unpaired) electrons. The van der Waals surface area contributed by atoms with Gasteiger partial charge < -0.3 is 20.4 Å². The molecule has 30 heavy (non-hydrogen) atoms. The molecule has 0 bridgehead atoms. The van der Waals surface area contributed by atoms with Crippen LogP contribution in [0.5, 0.6) is 0 Å². The number of carbonyl (C=O) groups is 2. The van der Waals surface area contributed by atoms with Gasteiger partial charge in [0.1, 0.15) is 18.5 Å². The minimum absolute atomic E-state index is 0.100. The summed E-state index contributed by atoms with van der Waals surface area (Å²) < 4.78 is 12.9. The fraction of sp³-hybridized carbons (Fsp3) is 0.429. The number of oxime groups is 1. The van der Waals surface area contributed by atoms with Crippen LogP contribution in [0.25, 0.3) is 10.8 Å². The maximum atomic E-state index is 13.1. The van der Waals surface area contributed by atoms with Crippen molar-refractivity contribution < 1.29 is 29.0 Å². The monoisotopic (exact) mass is 417 g/mol. The number of carboxylic acid groups (broad SMARTS) is 1. The van der Waals surface area contributed by atoms with Crippen molar-refractivity contribution in [2.24, 2.45) is 11.1 Å². The van der Waals surface area contributed by atoms with Gasteiger partial charge in [-0.25, -0.2) is 4.39 Å². The molecular formula is C21H24FN3O5. The van der Waals surface area contributed by atoms with Gasteiger partial charge in [0.25, 0.3) is 5.91 Å². The molecule has 1 amide bonds. The summed E-state index contributed by atoms with van der Waals surface area (Å²) in [6.07, 6.45) is -0.515. The number of amides is 1. The molecule has 2 aromatic rings. The second kappa shape index (κ2) is 8.74. The lowest BCUT2D eigenvalue weighted by Crippen LogP contribution is -2.56. The van der Waals surface area contributed by atoms with Crippen molar-refractivity contribution in [1.29, 1.82) is 0 Å². The molecule has 0 unspecified atom stereocenters. The molecule has 3 rings (SSSR count). The fourth-order valence-corrected chi connectivity index (χ4v) is 3.49. The van der Waals surface area contributed by atoms with Gasteiger partial charge in [-0.2, -0.15) is 0 Å². The molecule has 160 valence electrons. The van der Waals surface area contributed by atoms with Crippen molar-refractivity contribution in [3.05, 3.63) is 42.2 Å². The molecule has 0 fully saturated rings. The van der Waals surface area contributed by atoms with Gasteiger partial charge in [-0.1, -0.05) is 43.3 Å². The summed E-state index contributed by atoms with van der Waals surface area (Å²) >= 11 is 0. The van der Waals surface area contributed by atoms with Crippen LogP contribution in [0.2, 0.25) is 0 Å². The van der Waals surface area contributed by atoms with Gasteiger partial charge in [0.2, 0.25) is 5.60 Å². The van der Waals surface area contributed by atoms with Crippen molar-refractivity contribution in [3.8, 4) is 0 Å². The summed E-state index contributed by atoms with van der Waals surface area (Å²) in [7, 11) is 0. The number of aliphatic hydroxyl groups excluding tert-OH is 1. The Kier molecular flexibility index (Phi) is 6.31. The number of alkyl halides is 1. The molecule has 1 aliphatic heterocycles. The number of aromatic nitrogens is 1. The van der Waals surface area contributed by atoms with Crippen LogP contribution in [0.15, 0.2) is 41.7 Å². The number of carboxylic acids is 1. The molecule has 9 heteroatoms. The zero-order valence-corrected chi connectivity index (χ0v) is 16.7. The summed E-state index contributed by atoms with van der Waals surface area (Å²) in [5.41, 5.74) is -0.355. The van der Waals surface area contributed by atoms with E-state index in [9.17, 15) is 19.1 Å². The van der Waals surface area contributed by atoms with Crippen LogP contribution in [0.4, 0.5) is 4.39 Å². The Labute approximate surface area is 172 Å². The predicted octanol–water partition coefficient (Wildman–Crippen LogP) is 2.04. The minimum Gasteiger partial charge on any atom is -0.481 e. The number of rotatable bonds is 8. The number of fused-ring (bicyclic) bond motifs is 1. The minimum atomic E-state index is -1.64. The number of aliphatic carboxylic acids is 1. The molecule has 0 saturated carbocycles. The lowest BCUT2D eigenvalue weighted by atomic mass is 9.83. The number of carbonyl (C=O) groups excluding carboxylic acids is 1. The second-order valence-electron chi connectivity index (χ2n) is 7.63. The molecule has 8 nitrogen and oxygen atoms in total. The van der Waals surface area contributed by atoms with E-state index in [-0.39, 0.29) is 12.3 Å². The fourth-order valence-electron chi connectivity index (χ4n) is 3.49. The van der Waals surface area contributed by atoms with E-state index in [0.29, 0.717) is 11.4 Å². The topological polar surface area (TPSA) is 121 Å². The first-order chi connectivity index (χ1) is 14.3. The van der Waals surface area contributed by atoms with Gasteiger partial charge in [-0.15, -0.1) is 0 Å². The van der Waals surface area contributed by atoms with Crippen LogP contribution >= 0.6 is 0 Å². The van der Waals surface area contributed by atoms with E-state index in [1.165, 1.54) is 0 Å². The average molecular weight is 417 g/mol. The number of hydrogen-bond acceptors (Lipinski definition) is 6. The Hall–Kier alpha value is -3.07. The van der Waals surface area contributed by atoms with E-state index in [1.54, 1.807) is 20.0 Å². The maximum absolute atomic E-state index is 13.1. The number of pyridine rings is 1. The molecule has 0 aliphatic carbocycles. The second-order valence-corrected chi connectivity index (χ2v) is 7.63. The van der Waals surface area contributed by atoms with E-state index >= 15 is 0 Å². The summed E-state index contributed by atoms with van der Waals surface area (Å²) in [5, 5.41) is 27.2. The first-order valence-corrected chi connectivity index (χ1v) is 9.64. The molecule has 1 aromatic carbocycles. The van der Waals surface area contributed by atoms with Crippen molar-refractivity contribution in [2.75, 3.05) is 6.67 Å². The third-order valence-electron chi connectivity index (χ3n) is 5.35. The number of aliphatic hydroxyl groups is 1. The Morgan fingerprint density at radius 1 is 1.30 bits per heavy atom. The van der Waals surface area contributed by atoms with E-state index in [2.05, 4.69) is 15.5 Å². The zero-order valence-electron chi connectivity index (χ0n) is 16.7. The highest BCUT2D eigenvalue weighted by molar-refractivity contribution is 6.11. The van der Waals surface area contributed by atoms with Crippen LogP contribution in [-0.4, -0.2) is 57.2 Å².